The van der Waals surface area contributed by atoms with Crippen LogP contribution in [0.25, 0.3) is 0 Å². The van der Waals surface area contributed by atoms with Crippen molar-refractivity contribution in [2.75, 3.05) is 19.0 Å². The molecule has 0 saturated carbocycles. The van der Waals surface area contributed by atoms with E-state index in [-0.39, 0.29) is 11.9 Å². The van der Waals surface area contributed by atoms with Crippen LogP contribution in [0, 0.1) is 0 Å². The van der Waals surface area contributed by atoms with Crippen molar-refractivity contribution >= 4 is 34.8 Å². The van der Waals surface area contributed by atoms with Gasteiger partial charge in [0, 0.05) is 31.9 Å². The normalized spacial score (nSPS) is 10.9. The standard InChI is InChI=1S/C29H26Cl2N2O/c1-32(2)25-16-13-21(14-17-25)20-33(29(34)24-15-18-26(30)27(31)19-24)28(22-9-5-3-6-10-22)23-11-7-4-8-12-23/h3-19,28H,20H2,1-2H3. The van der Waals surface area contributed by atoms with Crippen molar-refractivity contribution in [3.63, 3.8) is 0 Å². The lowest BCUT2D eigenvalue weighted by molar-refractivity contribution is 0.0690. The highest BCUT2D eigenvalue weighted by molar-refractivity contribution is 6.42. The zero-order valence-corrected chi connectivity index (χ0v) is 20.7. The molecule has 0 radical (unpaired) electrons. The molecule has 0 aliphatic rings. The molecule has 0 aliphatic heterocycles. The molecule has 1 amide bonds. The largest absolute Gasteiger partial charge is 0.378 e. The van der Waals surface area contributed by atoms with Crippen molar-refractivity contribution in [3.8, 4) is 0 Å². The Hall–Kier alpha value is -3.27. The molecule has 4 rings (SSSR count). The van der Waals surface area contributed by atoms with Crippen LogP contribution in [0.3, 0.4) is 0 Å². The van der Waals surface area contributed by atoms with E-state index in [4.69, 9.17) is 23.2 Å². The first-order valence-corrected chi connectivity index (χ1v) is 11.8. The first kappa shape index (κ1) is 23.9. The number of halogens is 2. The zero-order valence-electron chi connectivity index (χ0n) is 19.2. The predicted octanol–water partition coefficient (Wildman–Crippen LogP) is 7.49. The molecular formula is C29H26Cl2N2O. The highest BCUT2D eigenvalue weighted by Gasteiger charge is 2.28. The van der Waals surface area contributed by atoms with E-state index in [1.54, 1.807) is 18.2 Å². The summed E-state index contributed by atoms with van der Waals surface area (Å²) in [5, 5.41) is 0.783. The van der Waals surface area contributed by atoms with Gasteiger partial charge in [-0.1, -0.05) is 96.0 Å². The number of anilines is 1. The maximum atomic E-state index is 14.0. The van der Waals surface area contributed by atoms with Gasteiger partial charge in [0.05, 0.1) is 16.1 Å². The van der Waals surface area contributed by atoms with Gasteiger partial charge in [0.2, 0.25) is 0 Å². The molecule has 0 heterocycles. The molecule has 0 unspecified atom stereocenters. The third-order valence-electron chi connectivity index (χ3n) is 5.78. The highest BCUT2D eigenvalue weighted by atomic mass is 35.5. The number of hydrogen-bond acceptors (Lipinski definition) is 2. The monoisotopic (exact) mass is 488 g/mol. The van der Waals surface area contributed by atoms with Crippen molar-refractivity contribution in [3.05, 3.63) is 135 Å². The summed E-state index contributed by atoms with van der Waals surface area (Å²) in [4.78, 5) is 17.9. The van der Waals surface area contributed by atoms with Gasteiger partial charge in [-0.25, -0.2) is 0 Å². The fraction of sp³-hybridized carbons (Fsp3) is 0.138. The molecule has 0 atom stereocenters. The number of rotatable bonds is 7. The molecule has 0 bridgehead atoms. The van der Waals surface area contributed by atoms with Crippen molar-refractivity contribution in [2.24, 2.45) is 0 Å². The molecule has 0 N–H and O–H groups in total. The Morgan fingerprint density at radius 3 is 1.79 bits per heavy atom. The van der Waals surface area contributed by atoms with E-state index in [1.807, 2.05) is 55.4 Å². The topological polar surface area (TPSA) is 23.6 Å². The van der Waals surface area contributed by atoms with Gasteiger partial charge >= 0.3 is 0 Å². The Kier molecular flexibility index (Phi) is 7.56. The van der Waals surface area contributed by atoms with E-state index < -0.39 is 0 Å². The number of carbonyl (C=O) groups is 1. The predicted molar refractivity (Wildman–Crippen MR) is 142 cm³/mol. The maximum absolute atomic E-state index is 14.0. The van der Waals surface area contributed by atoms with Crippen LogP contribution in [-0.4, -0.2) is 24.9 Å². The Labute approximate surface area is 211 Å². The minimum atomic E-state index is -0.280. The average Bonchev–Trinajstić information content (AvgIpc) is 2.86. The molecule has 34 heavy (non-hydrogen) atoms. The smallest absolute Gasteiger partial charge is 0.254 e. The number of carbonyl (C=O) groups excluding carboxylic acids is 1. The second kappa shape index (κ2) is 10.8. The third-order valence-corrected chi connectivity index (χ3v) is 6.51. The second-order valence-corrected chi connectivity index (χ2v) is 9.16. The fourth-order valence-electron chi connectivity index (χ4n) is 3.99. The van der Waals surface area contributed by atoms with Gasteiger partial charge in [-0.3, -0.25) is 4.79 Å². The summed E-state index contributed by atoms with van der Waals surface area (Å²) < 4.78 is 0. The zero-order chi connectivity index (χ0) is 24.1. The number of hydrogen-bond donors (Lipinski definition) is 0. The summed E-state index contributed by atoms with van der Waals surface area (Å²) in [5.74, 6) is -0.118. The van der Waals surface area contributed by atoms with Gasteiger partial charge in [0.25, 0.3) is 5.91 Å². The van der Waals surface area contributed by atoms with Crippen LogP contribution >= 0.6 is 23.2 Å². The molecule has 5 heteroatoms. The van der Waals surface area contributed by atoms with E-state index in [2.05, 4.69) is 53.4 Å². The summed E-state index contributed by atoms with van der Waals surface area (Å²) in [6.45, 7) is 0.432. The molecule has 0 aliphatic carbocycles. The summed E-state index contributed by atoms with van der Waals surface area (Å²) in [6, 6.07) is 33.2. The minimum absolute atomic E-state index is 0.118. The summed E-state index contributed by atoms with van der Waals surface area (Å²) in [7, 11) is 4.02. The lowest BCUT2D eigenvalue weighted by Gasteiger charge is -2.33. The van der Waals surface area contributed by atoms with E-state index >= 15 is 0 Å². The minimum Gasteiger partial charge on any atom is -0.378 e. The summed E-state index contributed by atoms with van der Waals surface area (Å²) in [6.07, 6.45) is 0. The van der Waals surface area contributed by atoms with E-state index in [0.717, 1.165) is 22.4 Å². The van der Waals surface area contributed by atoms with Crippen molar-refractivity contribution < 1.29 is 4.79 Å². The van der Waals surface area contributed by atoms with E-state index in [0.29, 0.717) is 22.2 Å². The molecule has 0 aromatic heterocycles. The fourth-order valence-corrected chi connectivity index (χ4v) is 4.29. The molecule has 4 aromatic carbocycles. The SMILES string of the molecule is CN(C)c1ccc(CN(C(=O)c2ccc(Cl)c(Cl)c2)C(c2ccccc2)c2ccccc2)cc1. The Morgan fingerprint density at radius 1 is 0.735 bits per heavy atom. The maximum Gasteiger partial charge on any atom is 0.254 e. The highest BCUT2D eigenvalue weighted by Crippen LogP contribution is 2.33. The third kappa shape index (κ3) is 5.44. The first-order valence-electron chi connectivity index (χ1n) is 11.1. The quantitative estimate of drug-likeness (QED) is 0.269. The number of nitrogens with zero attached hydrogens (tertiary/aromatic N) is 2. The van der Waals surface area contributed by atoms with Gasteiger partial charge in [0.15, 0.2) is 0 Å². The van der Waals surface area contributed by atoms with Crippen LogP contribution < -0.4 is 4.90 Å². The lowest BCUT2D eigenvalue weighted by atomic mass is 9.95. The van der Waals surface area contributed by atoms with Gasteiger partial charge < -0.3 is 9.80 Å². The van der Waals surface area contributed by atoms with Gasteiger partial charge in [0.1, 0.15) is 0 Å². The van der Waals surface area contributed by atoms with Crippen LogP contribution in [0.2, 0.25) is 10.0 Å². The van der Waals surface area contributed by atoms with Crippen molar-refractivity contribution in [1.82, 2.24) is 4.90 Å². The number of amides is 1. The van der Waals surface area contributed by atoms with Gasteiger partial charge in [-0.05, 0) is 47.0 Å². The Morgan fingerprint density at radius 2 is 1.29 bits per heavy atom. The average molecular weight is 489 g/mol. The van der Waals surface area contributed by atoms with Crippen LogP contribution in [0.5, 0.6) is 0 Å². The molecule has 172 valence electrons. The number of benzene rings is 4. The van der Waals surface area contributed by atoms with Crippen LogP contribution in [0.1, 0.15) is 33.1 Å². The van der Waals surface area contributed by atoms with E-state index in [1.165, 1.54) is 0 Å². The first-order chi connectivity index (χ1) is 16.4. The molecule has 0 saturated heterocycles. The van der Waals surface area contributed by atoms with Gasteiger partial charge in [-0.15, -0.1) is 0 Å². The van der Waals surface area contributed by atoms with Crippen molar-refractivity contribution in [2.45, 2.75) is 12.6 Å². The lowest BCUT2D eigenvalue weighted by Crippen LogP contribution is -2.35. The van der Waals surface area contributed by atoms with E-state index in [9.17, 15) is 4.79 Å². The Balaban J connectivity index is 1.82. The molecular weight excluding hydrogens is 463 g/mol. The second-order valence-electron chi connectivity index (χ2n) is 8.35. The summed E-state index contributed by atoms with van der Waals surface area (Å²) >= 11 is 12.4. The molecule has 0 spiro atoms. The van der Waals surface area contributed by atoms with Crippen molar-refractivity contribution in [1.29, 1.82) is 0 Å². The van der Waals surface area contributed by atoms with Crippen LogP contribution in [0.4, 0.5) is 5.69 Å². The van der Waals surface area contributed by atoms with Crippen LogP contribution in [-0.2, 0) is 6.54 Å². The molecule has 3 nitrogen and oxygen atoms in total. The molecule has 4 aromatic rings. The molecule has 0 fully saturated rings. The van der Waals surface area contributed by atoms with Gasteiger partial charge in [-0.2, -0.15) is 0 Å². The van der Waals surface area contributed by atoms with Crippen LogP contribution in [0.15, 0.2) is 103 Å². The Bertz CT molecular complexity index is 1200. The summed E-state index contributed by atoms with van der Waals surface area (Å²) in [5.41, 5.74) is 4.71.